The second-order valence-corrected chi connectivity index (χ2v) is 10.3. The maximum atomic E-state index is 14.0. The van der Waals surface area contributed by atoms with Crippen molar-refractivity contribution >= 4 is 46.1 Å². The predicted octanol–water partition coefficient (Wildman–Crippen LogP) is 8.42. The quantitative estimate of drug-likeness (QED) is 0.277. The number of piperidine rings is 1. The lowest BCUT2D eigenvalue weighted by Crippen LogP contribution is -2.32. The zero-order valence-electron chi connectivity index (χ0n) is 22.2. The van der Waals surface area contributed by atoms with E-state index in [1.54, 1.807) is 11.6 Å². The highest BCUT2D eigenvalue weighted by Crippen LogP contribution is 2.37. The predicted molar refractivity (Wildman–Crippen MR) is 150 cm³/mol. The average molecular weight is 551 g/mol. The SMILES string of the molecule is C=C(c1ccc(Cl)c(Cn2nc3c(C)cc(C(C)(F)F)cc3c2C)c1Cl)N1CCC(CC=O)CC1.CC. The second kappa shape index (κ2) is 12.0. The topological polar surface area (TPSA) is 38.1 Å². The molecule has 1 aliphatic rings. The molecule has 0 bridgehead atoms. The summed E-state index contributed by atoms with van der Waals surface area (Å²) in [6.45, 7) is 14.8. The van der Waals surface area contributed by atoms with Gasteiger partial charge < -0.3 is 9.69 Å². The highest BCUT2D eigenvalue weighted by Gasteiger charge is 2.27. The van der Waals surface area contributed by atoms with Crippen LogP contribution in [-0.2, 0) is 17.3 Å². The Hall–Kier alpha value is -2.44. The molecule has 3 aromatic rings. The molecule has 0 saturated carbocycles. The fourth-order valence-corrected chi connectivity index (χ4v) is 5.39. The number of aryl methyl sites for hydroxylation is 2. The van der Waals surface area contributed by atoms with E-state index in [0.717, 1.165) is 56.1 Å². The number of aromatic nitrogens is 2. The molecule has 0 N–H and O–H groups in total. The number of benzene rings is 2. The molecular formula is C29H35Cl2F2N3O. The van der Waals surface area contributed by atoms with Crippen molar-refractivity contribution in [1.82, 2.24) is 14.7 Å². The van der Waals surface area contributed by atoms with Crippen molar-refractivity contribution in [1.29, 1.82) is 0 Å². The molecule has 1 aliphatic heterocycles. The van der Waals surface area contributed by atoms with Gasteiger partial charge in [-0.1, -0.05) is 43.6 Å². The van der Waals surface area contributed by atoms with Crippen molar-refractivity contribution in [3.05, 3.63) is 68.8 Å². The molecular weight excluding hydrogens is 515 g/mol. The third-order valence-corrected chi connectivity index (χ3v) is 7.82. The molecule has 0 atom stereocenters. The van der Waals surface area contributed by atoms with Crippen LogP contribution >= 0.6 is 23.2 Å². The number of halogens is 4. The van der Waals surface area contributed by atoms with Gasteiger partial charge in [-0.25, -0.2) is 8.78 Å². The van der Waals surface area contributed by atoms with E-state index in [1.165, 1.54) is 12.1 Å². The number of fused-ring (bicyclic) bond motifs is 1. The largest absolute Gasteiger partial charge is 0.371 e. The summed E-state index contributed by atoms with van der Waals surface area (Å²) in [7, 11) is 0. The maximum Gasteiger partial charge on any atom is 0.270 e. The molecule has 4 nitrogen and oxygen atoms in total. The van der Waals surface area contributed by atoms with Crippen molar-refractivity contribution < 1.29 is 13.6 Å². The summed E-state index contributed by atoms with van der Waals surface area (Å²) < 4.78 is 29.8. The Morgan fingerprint density at radius 2 is 1.84 bits per heavy atom. The van der Waals surface area contributed by atoms with Gasteiger partial charge in [0.2, 0.25) is 0 Å². The van der Waals surface area contributed by atoms with Gasteiger partial charge in [-0.2, -0.15) is 5.10 Å². The first kappa shape index (κ1) is 29.1. The minimum atomic E-state index is -2.93. The molecule has 1 saturated heterocycles. The number of alkyl halides is 2. The maximum absolute atomic E-state index is 14.0. The van der Waals surface area contributed by atoms with E-state index in [0.29, 0.717) is 51.0 Å². The first-order chi connectivity index (χ1) is 17.5. The first-order valence-electron chi connectivity index (χ1n) is 12.7. The molecule has 4 rings (SSSR count). The number of likely N-dealkylation sites (tertiary alicyclic amines) is 1. The van der Waals surface area contributed by atoms with Crippen LogP contribution in [-0.4, -0.2) is 34.1 Å². The van der Waals surface area contributed by atoms with E-state index in [2.05, 4.69) is 11.5 Å². The fraction of sp³-hybridized carbons (Fsp3) is 0.448. The number of hydrogen-bond donors (Lipinski definition) is 0. The van der Waals surface area contributed by atoms with Crippen LogP contribution in [0.25, 0.3) is 16.6 Å². The Labute approximate surface area is 228 Å². The standard InChI is InChI=1S/C27H29Cl2F2N3O.C2H6/c1-16-13-20(27(4,30)31)14-22-18(3)34(32-26(16)22)15-23-24(28)6-5-21(25(23)29)17(2)33-10-7-19(8-11-33)9-12-35;1-2/h5-6,12-14,19H,2,7-11,15H2,1,3-4H3;1-2H3. The minimum Gasteiger partial charge on any atom is -0.371 e. The lowest BCUT2D eigenvalue weighted by atomic mass is 9.93. The van der Waals surface area contributed by atoms with E-state index < -0.39 is 5.92 Å². The number of aldehydes is 1. The molecule has 8 heteroatoms. The Balaban J connectivity index is 0.00000186. The van der Waals surface area contributed by atoms with Crippen molar-refractivity contribution in [2.75, 3.05) is 13.1 Å². The van der Waals surface area contributed by atoms with Crippen LogP contribution in [0.1, 0.15) is 68.0 Å². The molecule has 0 radical (unpaired) electrons. The highest BCUT2D eigenvalue weighted by molar-refractivity contribution is 6.37. The van der Waals surface area contributed by atoms with Gasteiger partial charge in [0.05, 0.1) is 17.1 Å². The Kier molecular flexibility index (Phi) is 9.41. The number of carbonyl (C=O) groups excluding carboxylic acids is 1. The van der Waals surface area contributed by atoms with Gasteiger partial charge in [0.15, 0.2) is 0 Å². The third kappa shape index (κ3) is 6.18. The second-order valence-electron chi connectivity index (χ2n) is 9.49. The Bertz CT molecular complexity index is 1290. The Morgan fingerprint density at radius 3 is 2.43 bits per heavy atom. The third-order valence-electron chi connectivity index (χ3n) is 7.04. The molecule has 200 valence electrons. The van der Waals surface area contributed by atoms with E-state index in [9.17, 15) is 13.6 Å². The van der Waals surface area contributed by atoms with E-state index >= 15 is 0 Å². The van der Waals surface area contributed by atoms with Crippen LogP contribution in [0.5, 0.6) is 0 Å². The van der Waals surface area contributed by atoms with E-state index in [-0.39, 0.29) is 5.56 Å². The molecule has 37 heavy (non-hydrogen) atoms. The van der Waals surface area contributed by atoms with Crippen molar-refractivity contribution in [2.24, 2.45) is 5.92 Å². The normalized spacial score (nSPS) is 14.5. The molecule has 0 amide bonds. The molecule has 1 aromatic heterocycles. The summed E-state index contributed by atoms with van der Waals surface area (Å²) in [5, 5.41) is 6.40. The number of carbonyl (C=O) groups is 1. The summed E-state index contributed by atoms with van der Waals surface area (Å²) in [5.41, 5.74) is 4.44. The van der Waals surface area contributed by atoms with E-state index in [1.807, 2.05) is 32.9 Å². The number of nitrogens with zero attached hydrogens (tertiary/aromatic N) is 3. The fourth-order valence-electron chi connectivity index (χ4n) is 4.79. The van der Waals surface area contributed by atoms with Crippen LogP contribution in [0.4, 0.5) is 8.78 Å². The smallest absolute Gasteiger partial charge is 0.270 e. The van der Waals surface area contributed by atoms with Crippen molar-refractivity contribution in [2.45, 2.75) is 66.3 Å². The summed E-state index contributed by atoms with van der Waals surface area (Å²) >= 11 is 13.4. The molecule has 2 heterocycles. The summed E-state index contributed by atoms with van der Waals surface area (Å²) in [6, 6.07) is 6.68. The lowest BCUT2D eigenvalue weighted by Gasteiger charge is -2.34. The molecule has 0 spiro atoms. The lowest BCUT2D eigenvalue weighted by molar-refractivity contribution is -0.108. The minimum absolute atomic E-state index is 0.0311. The average Bonchev–Trinajstić information content (AvgIpc) is 3.18. The first-order valence-corrected chi connectivity index (χ1v) is 13.5. The van der Waals surface area contributed by atoms with Crippen molar-refractivity contribution in [3.8, 4) is 0 Å². The van der Waals surface area contributed by atoms with Gasteiger partial charge in [-0.15, -0.1) is 0 Å². The van der Waals surface area contributed by atoms with Crippen molar-refractivity contribution in [3.63, 3.8) is 0 Å². The molecule has 1 fully saturated rings. The summed E-state index contributed by atoms with van der Waals surface area (Å²) in [4.78, 5) is 13.0. The van der Waals surface area contributed by atoms with Gasteiger partial charge in [0.1, 0.15) is 6.29 Å². The van der Waals surface area contributed by atoms with Crippen LogP contribution in [0, 0.1) is 19.8 Å². The highest BCUT2D eigenvalue weighted by atomic mass is 35.5. The molecule has 0 aliphatic carbocycles. The Morgan fingerprint density at radius 1 is 1.19 bits per heavy atom. The van der Waals surface area contributed by atoms with Gasteiger partial charge in [0, 0.05) is 64.9 Å². The van der Waals surface area contributed by atoms with Gasteiger partial charge in [-0.05, 0) is 62.4 Å². The molecule has 0 unspecified atom stereocenters. The van der Waals surface area contributed by atoms with Gasteiger partial charge >= 0.3 is 0 Å². The monoisotopic (exact) mass is 549 g/mol. The van der Waals surface area contributed by atoms with Crippen LogP contribution < -0.4 is 0 Å². The molecule has 2 aromatic carbocycles. The zero-order valence-corrected chi connectivity index (χ0v) is 23.7. The summed E-state index contributed by atoms with van der Waals surface area (Å²) in [6.07, 6.45) is 3.47. The number of rotatable bonds is 7. The van der Waals surface area contributed by atoms with Gasteiger partial charge in [0.25, 0.3) is 5.92 Å². The van der Waals surface area contributed by atoms with Crippen LogP contribution in [0.2, 0.25) is 10.0 Å². The summed E-state index contributed by atoms with van der Waals surface area (Å²) in [5.74, 6) is -2.52. The van der Waals surface area contributed by atoms with Crippen LogP contribution in [0.3, 0.4) is 0 Å². The van der Waals surface area contributed by atoms with Crippen LogP contribution in [0.15, 0.2) is 30.8 Å². The van der Waals surface area contributed by atoms with Gasteiger partial charge in [-0.3, -0.25) is 4.68 Å². The zero-order chi connectivity index (χ0) is 27.5. The van der Waals surface area contributed by atoms with E-state index in [4.69, 9.17) is 28.3 Å². The number of hydrogen-bond acceptors (Lipinski definition) is 3.